The van der Waals surface area contributed by atoms with E-state index in [4.69, 9.17) is 0 Å². The summed E-state index contributed by atoms with van der Waals surface area (Å²) >= 11 is 0. The van der Waals surface area contributed by atoms with Crippen LogP contribution < -0.4 is 0 Å². The number of rotatable bonds is 1. The van der Waals surface area contributed by atoms with Gasteiger partial charge in [-0.2, -0.15) is 0 Å². The van der Waals surface area contributed by atoms with Gasteiger partial charge in [-0.25, -0.2) is 0 Å². The normalized spacial score (nSPS) is 9.31. The molecule has 0 aliphatic heterocycles. The lowest BCUT2D eigenvalue weighted by Gasteiger charge is -1.90. The smallest absolute Gasteiger partial charge is 0.143 e. The quantitative estimate of drug-likeness (QED) is 0.358. The van der Waals surface area contributed by atoms with E-state index in [0.29, 0.717) is 6.29 Å². The molecule has 0 aliphatic rings. The molecule has 0 heterocycles. The lowest BCUT2D eigenvalue weighted by Crippen LogP contribution is -1.74. The first-order valence-corrected chi connectivity index (χ1v) is 4.01. The van der Waals surface area contributed by atoms with E-state index in [1.165, 1.54) is 17.7 Å². The lowest BCUT2D eigenvalue weighted by atomic mass is 10.1. The van der Waals surface area contributed by atoms with Crippen molar-refractivity contribution in [3.05, 3.63) is 47.5 Å². The third-order valence-electron chi connectivity index (χ3n) is 1.53. The molecule has 0 aromatic heterocycles. The fourth-order valence-corrected chi connectivity index (χ4v) is 0.849. The molecule has 0 amide bonds. The van der Waals surface area contributed by atoms with Crippen molar-refractivity contribution in [3.63, 3.8) is 0 Å². The highest BCUT2D eigenvalue weighted by molar-refractivity contribution is 5.65. The van der Waals surface area contributed by atoms with Crippen LogP contribution >= 0.6 is 0 Å². The second-order valence-electron chi connectivity index (χ2n) is 2.63. The molecule has 0 atom stereocenters. The van der Waals surface area contributed by atoms with Gasteiger partial charge in [0.2, 0.25) is 0 Å². The van der Waals surface area contributed by atoms with Crippen molar-refractivity contribution in [2.24, 2.45) is 0 Å². The maximum Gasteiger partial charge on any atom is 0.143 e. The van der Waals surface area contributed by atoms with Crippen LogP contribution in [0.2, 0.25) is 0 Å². The van der Waals surface area contributed by atoms with E-state index >= 15 is 0 Å². The molecule has 1 aromatic rings. The van der Waals surface area contributed by atoms with E-state index in [9.17, 15) is 4.79 Å². The largest absolute Gasteiger partial charge is 0.299 e. The molecule has 1 nitrogen and oxygen atoms in total. The molecule has 0 saturated heterocycles. The van der Waals surface area contributed by atoms with E-state index in [2.05, 4.69) is 11.8 Å². The minimum atomic E-state index is 0.712. The highest BCUT2D eigenvalue weighted by Gasteiger charge is 1.83. The number of aldehydes is 1. The van der Waals surface area contributed by atoms with Crippen LogP contribution in [-0.2, 0) is 4.79 Å². The second kappa shape index (κ2) is 4.95. The zero-order valence-corrected chi connectivity index (χ0v) is 7.45. The molecule has 1 rings (SSSR count). The number of benzene rings is 1. The summed E-state index contributed by atoms with van der Waals surface area (Å²) in [5.41, 5.74) is 2.18. The predicted molar refractivity (Wildman–Crippen MR) is 53.3 cm³/mol. The third-order valence-corrected chi connectivity index (χ3v) is 1.53. The molecule has 0 bridgehead atoms. The number of hydrogen-bond acceptors (Lipinski definition) is 1. The molecule has 0 saturated carbocycles. The van der Waals surface area contributed by atoms with Crippen LogP contribution in [0.5, 0.6) is 0 Å². The summed E-state index contributed by atoms with van der Waals surface area (Å²) in [5, 5.41) is 0. The second-order valence-corrected chi connectivity index (χ2v) is 2.63. The Hall–Kier alpha value is -1.81. The van der Waals surface area contributed by atoms with Gasteiger partial charge in [0, 0.05) is 5.56 Å². The molecule has 0 spiro atoms. The van der Waals surface area contributed by atoms with Crippen LogP contribution in [0, 0.1) is 18.8 Å². The van der Waals surface area contributed by atoms with Gasteiger partial charge in [0.1, 0.15) is 6.29 Å². The lowest BCUT2D eigenvalue weighted by molar-refractivity contribution is -0.104. The monoisotopic (exact) mass is 170 g/mol. The van der Waals surface area contributed by atoms with Crippen LogP contribution in [0.1, 0.15) is 11.1 Å². The molecule has 0 N–H and O–H groups in total. The molecule has 1 aromatic carbocycles. The number of allylic oxidation sites excluding steroid dienone is 2. The molecule has 13 heavy (non-hydrogen) atoms. The molecule has 1 heteroatoms. The number of aryl methyl sites for hydroxylation is 1. The number of carbonyl (C=O) groups is 1. The van der Waals surface area contributed by atoms with Gasteiger partial charge in [-0.3, -0.25) is 4.79 Å². The summed E-state index contributed by atoms with van der Waals surface area (Å²) in [5.74, 6) is 5.67. The van der Waals surface area contributed by atoms with Crippen LogP contribution in [0.3, 0.4) is 0 Å². The first-order valence-electron chi connectivity index (χ1n) is 4.01. The summed E-state index contributed by atoms with van der Waals surface area (Å²) in [6, 6.07) is 7.93. The average molecular weight is 170 g/mol. The van der Waals surface area contributed by atoms with Crippen molar-refractivity contribution in [1.29, 1.82) is 0 Å². The standard InChI is InChI=1S/C12H10O/c1-11-6-8-12(9-7-11)5-3-2-4-10-13/h2,4,6-10H,1H3/b4-2+. The van der Waals surface area contributed by atoms with Crippen LogP contribution in [-0.4, -0.2) is 6.29 Å². The van der Waals surface area contributed by atoms with Gasteiger partial charge < -0.3 is 0 Å². The summed E-state index contributed by atoms with van der Waals surface area (Å²) < 4.78 is 0. The summed E-state index contributed by atoms with van der Waals surface area (Å²) in [6.45, 7) is 2.03. The fourth-order valence-electron chi connectivity index (χ4n) is 0.849. The molecular weight excluding hydrogens is 160 g/mol. The predicted octanol–water partition coefficient (Wildman–Crippen LogP) is 2.10. The van der Waals surface area contributed by atoms with Crippen molar-refractivity contribution in [2.75, 3.05) is 0 Å². The van der Waals surface area contributed by atoms with Crippen molar-refractivity contribution < 1.29 is 4.79 Å². The van der Waals surface area contributed by atoms with E-state index in [-0.39, 0.29) is 0 Å². The Morgan fingerprint density at radius 2 is 1.92 bits per heavy atom. The minimum Gasteiger partial charge on any atom is -0.299 e. The van der Waals surface area contributed by atoms with Crippen LogP contribution in [0.25, 0.3) is 0 Å². The first kappa shape index (κ1) is 9.28. The summed E-state index contributed by atoms with van der Waals surface area (Å²) in [6.07, 6.45) is 3.62. The van der Waals surface area contributed by atoms with Gasteiger partial charge in [0.05, 0.1) is 0 Å². The van der Waals surface area contributed by atoms with Gasteiger partial charge in [0.15, 0.2) is 0 Å². The fraction of sp³-hybridized carbons (Fsp3) is 0.0833. The molecule has 0 radical (unpaired) electrons. The Bertz CT molecular complexity index is 360. The van der Waals surface area contributed by atoms with Gasteiger partial charge in [0.25, 0.3) is 0 Å². The van der Waals surface area contributed by atoms with Crippen LogP contribution in [0.15, 0.2) is 36.4 Å². The van der Waals surface area contributed by atoms with Gasteiger partial charge >= 0.3 is 0 Å². The Morgan fingerprint density at radius 3 is 2.54 bits per heavy atom. The zero-order chi connectivity index (χ0) is 9.52. The van der Waals surface area contributed by atoms with Gasteiger partial charge in [-0.1, -0.05) is 29.5 Å². The van der Waals surface area contributed by atoms with Gasteiger partial charge in [-0.05, 0) is 31.2 Å². The maximum atomic E-state index is 9.91. The topological polar surface area (TPSA) is 17.1 Å². The molecular formula is C12H10O. The van der Waals surface area contributed by atoms with Gasteiger partial charge in [-0.15, -0.1) is 0 Å². The van der Waals surface area contributed by atoms with Crippen molar-refractivity contribution in [2.45, 2.75) is 6.92 Å². The Kier molecular flexibility index (Phi) is 3.53. The van der Waals surface area contributed by atoms with Crippen molar-refractivity contribution >= 4 is 6.29 Å². The van der Waals surface area contributed by atoms with E-state index in [0.717, 1.165) is 5.56 Å². The average Bonchev–Trinajstić information content (AvgIpc) is 2.15. The summed E-state index contributed by atoms with van der Waals surface area (Å²) in [4.78, 5) is 9.91. The third kappa shape index (κ3) is 3.39. The highest BCUT2D eigenvalue weighted by atomic mass is 16.1. The Labute approximate surface area is 78.1 Å². The molecule has 0 fully saturated rings. The number of carbonyl (C=O) groups excluding carboxylic acids is 1. The van der Waals surface area contributed by atoms with E-state index in [1.54, 1.807) is 0 Å². The SMILES string of the molecule is Cc1ccc(C#C/C=C/C=O)cc1. The molecule has 0 unspecified atom stereocenters. The molecule has 0 aliphatic carbocycles. The summed E-state index contributed by atoms with van der Waals surface area (Å²) in [7, 11) is 0. The zero-order valence-electron chi connectivity index (χ0n) is 7.45. The number of hydrogen-bond donors (Lipinski definition) is 0. The first-order chi connectivity index (χ1) is 6.33. The van der Waals surface area contributed by atoms with Crippen molar-refractivity contribution in [3.8, 4) is 11.8 Å². The molecule has 64 valence electrons. The van der Waals surface area contributed by atoms with Crippen molar-refractivity contribution in [1.82, 2.24) is 0 Å². The minimum absolute atomic E-state index is 0.712. The van der Waals surface area contributed by atoms with E-state index in [1.807, 2.05) is 31.2 Å². The van der Waals surface area contributed by atoms with Crippen LogP contribution in [0.4, 0.5) is 0 Å². The highest BCUT2D eigenvalue weighted by Crippen LogP contribution is 2.00. The Balaban J connectivity index is 2.72. The van der Waals surface area contributed by atoms with E-state index < -0.39 is 0 Å². The Morgan fingerprint density at radius 1 is 1.23 bits per heavy atom. The maximum absolute atomic E-state index is 9.91.